The summed E-state index contributed by atoms with van der Waals surface area (Å²) in [7, 11) is -4.37. The lowest BCUT2D eigenvalue weighted by Gasteiger charge is -2.14. The zero-order valence-electron chi connectivity index (χ0n) is 20.5. The van der Waals surface area contributed by atoms with Crippen molar-refractivity contribution in [1.82, 2.24) is 15.6 Å². The maximum Gasteiger partial charge on any atom is 0.264 e. The van der Waals surface area contributed by atoms with E-state index >= 15 is 0 Å². The SMILES string of the molecule is O=C(CCc1cccnc1)Cc1ccc(NS(=O)(=O)c2cc(C(=O)NCC3CCCN3)c(Cl)cc2F)cc1. The van der Waals surface area contributed by atoms with Crippen LogP contribution in [0, 0.1) is 5.82 Å². The number of Topliss-reactive ketones (excluding diaryl/α,β-unsaturated/α-hetero) is 1. The summed E-state index contributed by atoms with van der Waals surface area (Å²) >= 11 is 6.06. The van der Waals surface area contributed by atoms with Crippen molar-refractivity contribution in [2.24, 2.45) is 0 Å². The first kappa shape index (κ1) is 27.7. The fourth-order valence-electron chi connectivity index (χ4n) is 4.20. The van der Waals surface area contributed by atoms with E-state index in [2.05, 4.69) is 20.3 Å². The second-order valence-electron chi connectivity index (χ2n) is 9.14. The predicted octanol–water partition coefficient (Wildman–Crippen LogP) is 3.90. The Morgan fingerprint density at radius 3 is 2.61 bits per heavy atom. The number of sulfonamides is 1. The van der Waals surface area contributed by atoms with Gasteiger partial charge in [-0.25, -0.2) is 12.8 Å². The van der Waals surface area contributed by atoms with Crippen LogP contribution in [0.3, 0.4) is 0 Å². The van der Waals surface area contributed by atoms with Gasteiger partial charge in [-0.3, -0.25) is 19.3 Å². The zero-order valence-corrected chi connectivity index (χ0v) is 22.1. The number of anilines is 1. The minimum absolute atomic E-state index is 0.0416. The van der Waals surface area contributed by atoms with Gasteiger partial charge in [-0.2, -0.15) is 0 Å². The Balaban J connectivity index is 1.39. The first-order valence-electron chi connectivity index (χ1n) is 12.2. The number of aryl methyl sites for hydroxylation is 1. The van der Waals surface area contributed by atoms with Crippen LogP contribution in [0.2, 0.25) is 5.02 Å². The molecule has 1 aromatic heterocycles. The number of nitrogens with one attached hydrogen (secondary N) is 3. The Bertz CT molecular complexity index is 1400. The van der Waals surface area contributed by atoms with Gasteiger partial charge in [-0.15, -0.1) is 0 Å². The molecule has 4 rings (SSSR count). The number of hydrogen-bond donors (Lipinski definition) is 3. The molecular weight excluding hydrogens is 531 g/mol. The van der Waals surface area contributed by atoms with Gasteiger partial charge in [0.15, 0.2) is 0 Å². The first-order chi connectivity index (χ1) is 18.2. The van der Waals surface area contributed by atoms with Crippen LogP contribution < -0.4 is 15.4 Å². The number of aromatic nitrogens is 1. The van der Waals surface area contributed by atoms with E-state index in [0.29, 0.717) is 19.4 Å². The standard InChI is InChI=1S/C27H28ClFN4O4S/c28-24-15-25(29)26(14-23(24)27(35)32-17-21-4-2-12-31-21)38(36,37)33-20-8-5-18(6-9-20)13-22(34)10-7-19-3-1-11-30-16-19/h1,3,5-6,8-9,11,14-16,21,31,33H,2,4,7,10,12-13,17H2,(H,32,35). The van der Waals surface area contributed by atoms with Crippen LogP contribution in [0.4, 0.5) is 10.1 Å². The van der Waals surface area contributed by atoms with Gasteiger partial charge in [0.25, 0.3) is 15.9 Å². The number of rotatable bonds is 11. The lowest BCUT2D eigenvalue weighted by molar-refractivity contribution is -0.118. The van der Waals surface area contributed by atoms with Gasteiger partial charge < -0.3 is 10.6 Å². The number of amides is 1. The molecule has 3 N–H and O–H groups in total. The third kappa shape index (κ3) is 7.37. The van der Waals surface area contributed by atoms with Gasteiger partial charge in [0.2, 0.25) is 0 Å². The summed E-state index contributed by atoms with van der Waals surface area (Å²) in [6.45, 7) is 1.22. The molecule has 1 aliphatic rings. The topological polar surface area (TPSA) is 117 Å². The van der Waals surface area contributed by atoms with E-state index in [0.717, 1.165) is 42.6 Å². The zero-order chi connectivity index (χ0) is 27.1. The molecule has 1 atom stereocenters. The molecule has 1 amide bonds. The summed E-state index contributed by atoms with van der Waals surface area (Å²) in [6.07, 6.45) is 6.48. The number of hydrogen-bond acceptors (Lipinski definition) is 6. The largest absolute Gasteiger partial charge is 0.350 e. The van der Waals surface area contributed by atoms with E-state index in [-0.39, 0.29) is 34.5 Å². The number of nitrogens with zero attached hydrogens (tertiary/aromatic N) is 1. The van der Waals surface area contributed by atoms with Crippen molar-refractivity contribution < 1.29 is 22.4 Å². The van der Waals surface area contributed by atoms with Crippen molar-refractivity contribution in [2.75, 3.05) is 17.8 Å². The van der Waals surface area contributed by atoms with Crippen molar-refractivity contribution in [3.05, 3.63) is 88.5 Å². The Morgan fingerprint density at radius 2 is 1.92 bits per heavy atom. The number of benzene rings is 2. The first-order valence-corrected chi connectivity index (χ1v) is 14.1. The lowest BCUT2D eigenvalue weighted by atomic mass is 10.0. The number of carbonyl (C=O) groups excluding carboxylic acids is 2. The average molecular weight is 559 g/mol. The monoisotopic (exact) mass is 558 g/mol. The molecule has 0 saturated carbocycles. The molecule has 1 saturated heterocycles. The fourth-order valence-corrected chi connectivity index (χ4v) is 5.58. The molecule has 2 aromatic carbocycles. The van der Waals surface area contributed by atoms with E-state index in [1.807, 2.05) is 12.1 Å². The lowest BCUT2D eigenvalue weighted by Crippen LogP contribution is -2.37. The van der Waals surface area contributed by atoms with Gasteiger partial charge in [-0.1, -0.05) is 29.8 Å². The second kappa shape index (κ2) is 12.5. The van der Waals surface area contributed by atoms with Crippen LogP contribution in [-0.2, 0) is 27.7 Å². The van der Waals surface area contributed by atoms with Crippen LogP contribution in [-0.4, -0.2) is 44.2 Å². The summed E-state index contributed by atoms with van der Waals surface area (Å²) in [5.41, 5.74) is 1.75. The van der Waals surface area contributed by atoms with Crippen molar-refractivity contribution >= 4 is 39.0 Å². The van der Waals surface area contributed by atoms with Crippen LogP contribution in [0.5, 0.6) is 0 Å². The van der Waals surface area contributed by atoms with Crippen molar-refractivity contribution in [3.8, 4) is 0 Å². The average Bonchev–Trinajstić information content (AvgIpc) is 3.41. The van der Waals surface area contributed by atoms with Crippen LogP contribution >= 0.6 is 11.6 Å². The minimum Gasteiger partial charge on any atom is -0.350 e. The van der Waals surface area contributed by atoms with Gasteiger partial charge in [-0.05, 0) is 67.3 Å². The predicted molar refractivity (Wildman–Crippen MR) is 143 cm³/mol. The number of ketones is 1. The molecule has 11 heteroatoms. The molecular formula is C27H28ClFN4O4S. The Morgan fingerprint density at radius 1 is 1.13 bits per heavy atom. The third-order valence-electron chi connectivity index (χ3n) is 6.25. The van der Waals surface area contributed by atoms with Crippen molar-refractivity contribution in [3.63, 3.8) is 0 Å². The molecule has 1 fully saturated rings. The maximum atomic E-state index is 14.6. The number of carbonyl (C=O) groups is 2. The van der Waals surface area contributed by atoms with Crippen LogP contribution in [0.15, 0.2) is 65.8 Å². The molecule has 200 valence electrons. The highest BCUT2D eigenvalue weighted by atomic mass is 35.5. The highest BCUT2D eigenvalue weighted by molar-refractivity contribution is 7.92. The number of pyridine rings is 1. The summed E-state index contributed by atoms with van der Waals surface area (Å²) in [5, 5.41) is 5.77. The molecule has 3 aromatic rings. The smallest absolute Gasteiger partial charge is 0.264 e. The molecule has 8 nitrogen and oxygen atoms in total. The highest BCUT2D eigenvalue weighted by Crippen LogP contribution is 2.26. The fraction of sp³-hybridized carbons (Fsp3) is 0.296. The van der Waals surface area contributed by atoms with E-state index in [4.69, 9.17) is 11.6 Å². The Labute approximate surface area is 226 Å². The van der Waals surface area contributed by atoms with Gasteiger partial charge in [0.1, 0.15) is 16.5 Å². The molecule has 1 unspecified atom stereocenters. The highest BCUT2D eigenvalue weighted by Gasteiger charge is 2.24. The molecule has 0 spiro atoms. The van der Waals surface area contributed by atoms with Gasteiger partial charge in [0.05, 0.1) is 10.6 Å². The van der Waals surface area contributed by atoms with E-state index < -0.39 is 26.6 Å². The van der Waals surface area contributed by atoms with E-state index in [1.165, 1.54) is 12.1 Å². The van der Waals surface area contributed by atoms with Gasteiger partial charge >= 0.3 is 0 Å². The third-order valence-corrected chi connectivity index (χ3v) is 7.96. The molecule has 38 heavy (non-hydrogen) atoms. The Hall–Kier alpha value is -3.34. The summed E-state index contributed by atoms with van der Waals surface area (Å²) in [6, 6.07) is 11.9. The molecule has 0 bridgehead atoms. The molecule has 0 aliphatic carbocycles. The quantitative estimate of drug-likeness (QED) is 0.328. The maximum absolute atomic E-state index is 14.6. The van der Waals surface area contributed by atoms with Crippen molar-refractivity contribution in [2.45, 2.75) is 43.0 Å². The summed E-state index contributed by atoms with van der Waals surface area (Å²) < 4.78 is 42.9. The Kier molecular flexibility index (Phi) is 9.09. The normalized spacial score (nSPS) is 15.3. The molecule has 1 aliphatic heterocycles. The van der Waals surface area contributed by atoms with Crippen LogP contribution in [0.25, 0.3) is 0 Å². The molecule has 0 radical (unpaired) electrons. The van der Waals surface area contributed by atoms with Gasteiger partial charge in [0, 0.05) is 43.5 Å². The van der Waals surface area contributed by atoms with Crippen LogP contribution in [0.1, 0.15) is 40.7 Å². The van der Waals surface area contributed by atoms with Crippen molar-refractivity contribution in [1.29, 1.82) is 0 Å². The molecule has 2 heterocycles. The van der Waals surface area contributed by atoms with E-state index in [1.54, 1.807) is 24.5 Å². The minimum atomic E-state index is -4.37. The number of halogens is 2. The summed E-state index contributed by atoms with van der Waals surface area (Å²) in [5.74, 6) is -1.62. The van der Waals surface area contributed by atoms with E-state index in [9.17, 15) is 22.4 Å². The summed E-state index contributed by atoms with van der Waals surface area (Å²) in [4.78, 5) is 28.3. The second-order valence-corrected chi connectivity index (χ2v) is 11.2.